The standard InChI is InChI=1S/C11H11N5/c12-4-3-9(13)7-1-2-10-8(5-7)11(14)16-6-15-10/h1-6,13H,12H2,(H2,14,15,16). The third kappa shape index (κ3) is 1.70. The van der Waals surface area contributed by atoms with Gasteiger partial charge in [-0.15, -0.1) is 0 Å². The molecule has 5 heteroatoms. The fourth-order valence-electron chi connectivity index (χ4n) is 1.44. The largest absolute Gasteiger partial charge is 0.405 e. The molecule has 1 heterocycles. The summed E-state index contributed by atoms with van der Waals surface area (Å²) in [6, 6.07) is 5.39. The van der Waals surface area contributed by atoms with Gasteiger partial charge in [0.25, 0.3) is 0 Å². The summed E-state index contributed by atoms with van der Waals surface area (Å²) in [7, 11) is 0. The second kappa shape index (κ2) is 3.98. The number of nitrogens with zero attached hydrogens (tertiary/aromatic N) is 2. The monoisotopic (exact) mass is 213 g/mol. The fourth-order valence-corrected chi connectivity index (χ4v) is 1.44. The number of rotatable bonds is 2. The van der Waals surface area contributed by atoms with E-state index >= 15 is 0 Å². The third-order valence-electron chi connectivity index (χ3n) is 2.24. The molecule has 80 valence electrons. The Kier molecular flexibility index (Phi) is 2.51. The molecule has 0 saturated carbocycles. The van der Waals surface area contributed by atoms with Crippen molar-refractivity contribution in [2.24, 2.45) is 5.73 Å². The molecular formula is C11H11N5. The quantitative estimate of drug-likeness (QED) is 0.649. The van der Waals surface area contributed by atoms with Crippen LogP contribution in [0.5, 0.6) is 0 Å². The van der Waals surface area contributed by atoms with Gasteiger partial charge < -0.3 is 16.9 Å². The number of fused-ring (bicyclic) bond motifs is 1. The molecule has 0 aliphatic rings. The summed E-state index contributed by atoms with van der Waals surface area (Å²) < 4.78 is 0. The van der Waals surface area contributed by atoms with E-state index in [9.17, 15) is 0 Å². The number of anilines is 1. The van der Waals surface area contributed by atoms with Gasteiger partial charge in [-0.2, -0.15) is 0 Å². The summed E-state index contributed by atoms with van der Waals surface area (Å²) in [4.78, 5) is 7.99. The molecule has 16 heavy (non-hydrogen) atoms. The van der Waals surface area contributed by atoms with Crippen molar-refractivity contribution in [2.45, 2.75) is 0 Å². The lowest BCUT2D eigenvalue weighted by atomic mass is 10.1. The Bertz CT molecular complexity index is 574. The van der Waals surface area contributed by atoms with Crippen LogP contribution in [0.15, 0.2) is 36.8 Å². The molecule has 5 nitrogen and oxygen atoms in total. The predicted molar refractivity (Wildman–Crippen MR) is 64.1 cm³/mol. The second-order valence-corrected chi connectivity index (χ2v) is 3.26. The third-order valence-corrected chi connectivity index (χ3v) is 2.24. The first-order valence-corrected chi connectivity index (χ1v) is 4.70. The molecule has 0 bridgehead atoms. The molecule has 2 rings (SSSR count). The second-order valence-electron chi connectivity index (χ2n) is 3.26. The van der Waals surface area contributed by atoms with E-state index in [1.807, 2.05) is 6.07 Å². The van der Waals surface area contributed by atoms with E-state index in [1.54, 1.807) is 12.1 Å². The first-order chi connectivity index (χ1) is 7.72. The molecule has 0 unspecified atom stereocenters. The summed E-state index contributed by atoms with van der Waals surface area (Å²) in [5.74, 6) is 0.413. The average Bonchev–Trinajstić information content (AvgIpc) is 2.29. The molecule has 0 spiro atoms. The molecule has 0 aliphatic heterocycles. The van der Waals surface area contributed by atoms with Crippen molar-refractivity contribution in [3.63, 3.8) is 0 Å². The highest BCUT2D eigenvalue weighted by Crippen LogP contribution is 2.18. The van der Waals surface area contributed by atoms with Crippen LogP contribution in [0.2, 0.25) is 0 Å². The highest BCUT2D eigenvalue weighted by Gasteiger charge is 2.03. The number of nitrogen functional groups attached to an aromatic ring is 1. The zero-order chi connectivity index (χ0) is 11.5. The van der Waals surface area contributed by atoms with Gasteiger partial charge >= 0.3 is 0 Å². The number of hydrogen-bond donors (Lipinski definition) is 3. The molecule has 0 radical (unpaired) electrons. The van der Waals surface area contributed by atoms with Crippen LogP contribution in [0.25, 0.3) is 10.9 Å². The first-order valence-electron chi connectivity index (χ1n) is 4.70. The van der Waals surface area contributed by atoms with Gasteiger partial charge in [-0.1, -0.05) is 6.07 Å². The Hall–Kier alpha value is -2.43. The zero-order valence-electron chi connectivity index (χ0n) is 8.51. The number of nitrogens with one attached hydrogen (secondary N) is 1. The van der Waals surface area contributed by atoms with Gasteiger partial charge in [0.15, 0.2) is 0 Å². The molecule has 0 atom stereocenters. The smallest absolute Gasteiger partial charge is 0.134 e. The van der Waals surface area contributed by atoms with Crippen LogP contribution in [0.4, 0.5) is 5.82 Å². The molecule has 0 aliphatic carbocycles. The van der Waals surface area contributed by atoms with Crippen molar-refractivity contribution in [3.05, 3.63) is 42.4 Å². The van der Waals surface area contributed by atoms with Gasteiger partial charge in [-0.25, -0.2) is 9.97 Å². The Morgan fingerprint density at radius 3 is 2.88 bits per heavy atom. The van der Waals surface area contributed by atoms with Crippen LogP contribution in [0.3, 0.4) is 0 Å². The van der Waals surface area contributed by atoms with Crippen molar-refractivity contribution in [2.75, 3.05) is 5.73 Å². The van der Waals surface area contributed by atoms with Crippen LogP contribution in [-0.2, 0) is 0 Å². The fraction of sp³-hybridized carbons (Fsp3) is 0. The van der Waals surface area contributed by atoms with Gasteiger partial charge in [0.2, 0.25) is 0 Å². The van der Waals surface area contributed by atoms with Crippen molar-refractivity contribution < 1.29 is 0 Å². The Labute approximate surface area is 92.3 Å². The molecular weight excluding hydrogens is 202 g/mol. The molecule has 0 saturated heterocycles. The Morgan fingerprint density at radius 2 is 2.12 bits per heavy atom. The summed E-state index contributed by atoms with van der Waals surface area (Å²) in [5.41, 5.74) is 12.8. The minimum absolute atomic E-state index is 0.327. The maximum Gasteiger partial charge on any atom is 0.134 e. The van der Waals surface area contributed by atoms with E-state index in [-0.39, 0.29) is 0 Å². The molecule has 0 fully saturated rings. The molecule has 2 aromatic rings. The minimum Gasteiger partial charge on any atom is -0.405 e. The lowest BCUT2D eigenvalue weighted by Crippen LogP contribution is -1.98. The Morgan fingerprint density at radius 1 is 1.31 bits per heavy atom. The van der Waals surface area contributed by atoms with Crippen molar-refractivity contribution in [1.82, 2.24) is 9.97 Å². The van der Waals surface area contributed by atoms with Crippen LogP contribution in [0, 0.1) is 5.41 Å². The molecule has 5 N–H and O–H groups in total. The van der Waals surface area contributed by atoms with Gasteiger partial charge in [-0.3, -0.25) is 0 Å². The predicted octanol–water partition coefficient (Wildman–Crippen LogP) is 1.05. The molecule has 0 amide bonds. The SMILES string of the molecule is N=C(C=CN)c1ccc2ncnc(N)c2c1. The highest BCUT2D eigenvalue weighted by atomic mass is 14.9. The van der Waals surface area contributed by atoms with Crippen molar-refractivity contribution in [1.29, 1.82) is 5.41 Å². The summed E-state index contributed by atoms with van der Waals surface area (Å²) in [6.45, 7) is 0. The van der Waals surface area contributed by atoms with Crippen LogP contribution in [0.1, 0.15) is 5.56 Å². The first kappa shape index (κ1) is 10.1. The lowest BCUT2D eigenvalue weighted by Gasteiger charge is -2.03. The lowest BCUT2D eigenvalue weighted by molar-refractivity contribution is 1.23. The average molecular weight is 213 g/mol. The van der Waals surface area contributed by atoms with Gasteiger partial charge in [0.1, 0.15) is 12.1 Å². The Balaban J connectivity index is 2.59. The number of allylic oxidation sites excluding steroid dienone is 1. The topological polar surface area (TPSA) is 102 Å². The van der Waals surface area contributed by atoms with Gasteiger partial charge in [0, 0.05) is 10.9 Å². The number of nitrogens with two attached hydrogens (primary N) is 2. The van der Waals surface area contributed by atoms with E-state index in [0.29, 0.717) is 11.5 Å². The maximum absolute atomic E-state index is 7.73. The molecule has 1 aromatic carbocycles. The van der Waals surface area contributed by atoms with Crippen LogP contribution < -0.4 is 11.5 Å². The summed E-state index contributed by atoms with van der Waals surface area (Å²) >= 11 is 0. The van der Waals surface area contributed by atoms with Gasteiger partial charge in [-0.05, 0) is 24.4 Å². The van der Waals surface area contributed by atoms with Gasteiger partial charge in [0.05, 0.1) is 11.2 Å². The summed E-state index contributed by atoms with van der Waals surface area (Å²) in [5, 5.41) is 8.47. The van der Waals surface area contributed by atoms with E-state index in [1.165, 1.54) is 18.6 Å². The molecule has 1 aromatic heterocycles. The van der Waals surface area contributed by atoms with Crippen LogP contribution in [-0.4, -0.2) is 15.7 Å². The summed E-state index contributed by atoms with van der Waals surface area (Å²) in [6.07, 6.45) is 4.26. The maximum atomic E-state index is 7.73. The number of hydrogen-bond acceptors (Lipinski definition) is 5. The normalized spacial score (nSPS) is 11.0. The van der Waals surface area contributed by atoms with Crippen LogP contribution >= 0.6 is 0 Å². The highest BCUT2D eigenvalue weighted by molar-refractivity contribution is 6.08. The number of benzene rings is 1. The van der Waals surface area contributed by atoms with Crippen molar-refractivity contribution in [3.8, 4) is 0 Å². The van der Waals surface area contributed by atoms with E-state index in [4.69, 9.17) is 16.9 Å². The van der Waals surface area contributed by atoms with Crippen molar-refractivity contribution >= 4 is 22.4 Å². The number of aromatic nitrogens is 2. The van der Waals surface area contributed by atoms with E-state index in [0.717, 1.165) is 16.5 Å². The minimum atomic E-state index is 0.327. The zero-order valence-corrected chi connectivity index (χ0v) is 8.51. The van der Waals surface area contributed by atoms with E-state index < -0.39 is 0 Å². The van der Waals surface area contributed by atoms with E-state index in [2.05, 4.69) is 9.97 Å².